The van der Waals surface area contributed by atoms with Crippen LogP contribution >= 0.6 is 0 Å². The zero-order chi connectivity index (χ0) is 21.4. The summed E-state index contributed by atoms with van der Waals surface area (Å²) in [7, 11) is -0.503. The molecule has 0 aliphatic heterocycles. The van der Waals surface area contributed by atoms with Crippen LogP contribution < -0.4 is 14.8 Å². The van der Waals surface area contributed by atoms with Crippen LogP contribution in [-0.2, 0) is 14.8 Å². The Morgan fingerprint density at radius 3 is 2.17 bits per heavy atom. The molecule has 0 radical (unpaired) electrons. The quantitative estimate of drug-likeness (QED) is 0.597. The predicted octanol–water partition coefficient (Wildman–Crippen LogP) is 2.60. The number of hydrogen-bond acceptors (Lipinski definition) is 5. The first-order valence-corrected chi connectivity index (χ1v) is 10.8. The Morgan fingerprint density at radius 1 is 1.03 bits per heavy atom. The van der Waals surface area contributed by atoms with Crippen LogP contribution in [0.5, 0.6) is 11.5 Å². The lowest BCUT2D eigenvalue weighted by molar-refractivity contribution is -0.128. The number of rotatable bonds is 10. The molecular formula is C21H28N2O5S. The molecule has 0 unspecified atom stereocenters. The van der Waals surface area contributed by atoms with E-state index in [0.29, 0.717) is 24.5 Å². The summed E-state index contributed by atoms with van der Waals surface area (Å²) in [5.41, 5.74) is 1.12. The predicted molar refractivity (Wildman–Crippen MR) is 112 cm³/mol. The fourth-order valence-corrected chi connectivity index (χ4v) is 3.38. The van der Waals surface area contributed by atoms with E-state index in [-0.39, 0.29) is 17.4 Å². The summed E-state index contributed by atoms with van der Waals surface area (Å²) < 4.78 is 36.6. The zero-order valence-corrected chi connectivity index (χ0v) is 18.0. The highest BCUT2D eigenvalue weighted by Crippen LogP contribution is 2.18. The van der Waals surface area contributed by atoms with Gasteiger partial charge in [0.25, 0.3) is 5.91 Å². The molecule has 2 aromatic rings. The van der Waals surface area contributed by atoms with Crippen molar-refractivity contribution in [1.82, 2.24) is 9.62 Å². The third-order valence-corrected chi connectivity index (χ3v) is 6.06. The molecule has 1 atom stereocenters. The van der Waals surface area contributed by atoms with E-state index in [2.05, 4.69) is 5.32 Å². The van der Waals surface area contributed by atoms with E-state index >= 15 is 0 Å². The van der Waals surface area contributed by atoms with Gasteiger partial charge in [-0.05, 0) is 49.7 Å². The fraction of sp³-hybridized carbons (Fsp3) is 0.381. The van der Waals surface area contributed by atoms with Crippen molar-refractivity contribution in [2.24, 2.45) is 0 Å². The lowest BCUT2D eigenvalue weighted by Gasteiger charge is -2.17. The summed E-state index contributed by atoms with van der Waals surface area (Å²) in [6.45, 7) is 4.44. The number of carbonyl (C=O) groups excluding carboxylic acids is 1. The Bertz CT molecular complexity index is 894. The van der Waals surface area contributed by atoms with Crippen molar-refractivity contribution in [3.05, 3.63) is 54.1 Å². The average Bonchev–Trinajstić information content (AvgIpc) is 2.70. The SMILES string of the molecule is CC[C@H](Oc1ccc(C)cc1)C(=O)NCCOc1ccc(S(=O)(=O)N(C)C)cc1. The number of benzene rings is 2. The topological polar surface area (TPSA) is 84.9 Å². The number of ether oxygens (including phenoxy) is 2. The molecule has 1 N–H and O–H groups in total. The van der Waals surface area contributed by atoms with E-state index in [1.54, 1.807) is 12.1 Å². The van der Waals surface area contributed by atoms with Crippen LogP contribution in [0.15, 0.2) is 53.4 Å². The molecule has 0 aliphatic rings. The molecule has 0 fully saturated rings. The Labute approximate surface area is 172 Å². The van der Waals surface area contributed by atoms with Gasteiger partial charge in [-0.1, -0.05) is 24.6 Å². The highest BCUT2D eigenvalue weighted by Gasteiger charge is 2.18. The van der Waals surface area contributed by atoms with Gasteiger partial charge in [-0.15, -0.1) is 0 Å². The number of sulfonamides is 1. The molecule has 158 valence electrons. The van der Waals surface area contributed by atoms with Crippen LogP contribution in [0.3, 0.4) is 0 Å². The van der Waals surface area contributed by atoms with Crippen LogP contribution in [0.2, 0.25) is 0 Å². The molecule has 2 rings (SSSR count). The molecule has 7 nitrogen and oxygen atoms in total. The van der Waals surface area contributed by atoms with Gasteiger partial charge in [0.1, 0.15) is 18.1 Å². The molecule has 8 heteroatoms. The molecule has 29 heavy (non-hydrogen) atoms. The molecule has 0 spiro atoms. The molecular weight excluding hydrogens is 392 g/mol. The van der Waals surface area contributed by atoms with E-state index in [0.717, 1.165) is 9.87 Å². The Morgan fingerprint density at radius 2 is 1.62 bits per heavy atom. The second-order valence-corrected chi connectivity index (χ2v) is 8.88. The lowest BCUT2D eigenvalue weighted by Crippen LogP contribution is -2.39. The van der Waals surface area contributed by atoms with Gasteiger partial charge in [-0.2, -0.15) is 0 Å². The number of nitrogens with one attached hydrogen (secondary N) is 1. The Kier molecular flexibility index (Phi) is 8.04. The fourth-order valence-electron chi connectivity index (χ4n) is 2.48. The molecule has 0 saturated carbocycles. The van der Waals surface area contributed by atoms with Gasteiger partial charge in [-0.25, -0.2) is 12.7 Å². The van der Waals surface area contributed by atoms with E-state index in [1.165, 1.54) is 26.2 Å². The minimum Gasteiger partial charge on any atom is -0.492 e. The largest absolute Gasteiger partial charge is 0.492 e. The molecule has 0 aromatic heterocycles. The summed E-state index contributed by atoms with van der Waals surface area (Å²) >= 11 is 0. The van der Waals surface area contributed by atoms with Gasteiger partial charge < -0.3 is 14.8 Å². The Hall–Kier alpha value is -2.58. The van der Waals surface area contributed by atoms with Crippen molar-refractivity contribution in [2.75, 3.05) is 27.2 Å². The van der Waals surface area contributed by atoms with Crippen molar-refractivity contribution in [3.63, 3.8) is 0 Å². The van der Waals surface area contributed by atoms with Crippen molar-refractivity contribution >= 4 is 15.9 Å². The van der Waals surface area contributed by atoms with Gasteiger partial charge in [0, 0.05) is 14.1 Å². The van der Waals surface area contributed by atoms with Gasteiger partial charge in [-0.3, -0.25) is 4.79 Å². The number of aryl methyl sites for hydroxylation is 1. The van der Waals surface area contributed by atoms with Crippen LogP contribution in [0.1, 0.15) is 18.9 Å². The highest BCUT2D eigenvalue weighted by molar-refractivity contribution is 7.89. The molecule has 0 saturated heterocycles. The van der Waals surface area contributed by atoms with Crippen LogP contribution in [0.4, 0.5) is 0 Å². The van der Waals surface area contributed by atoms with E-state index in [1.807, 2.05) is 38.1 Å². The van der Waals surface area contributed by atoms with E-state index in [9.17, 15) is 13.2 Å². The standard InChI is InChI=1S/C21H28N2O5S/c1-5-20(28-18-8-6-16(2)7-9-18)21(24)22-14-15-27-17-10-12-19(13-11-17)29(25,26)23(3)4/h6-13,20H,5,14-15H2,1-4H3,(H,22,24)/t20-/m0/s1. The molecule has 0 bridgehead atoms. The first-order chi connectivity index (χ1) is 13.7. The van der Waals surface area contributed by atoms with Crippen LogP contribution in [0.25, 0.3) is 0 Å². The maximum absolute atomic E-state index is 12.3. The lowest BCUT2D eigenvalue weighted by atomic mass is 10.2. The monoisotopic (exact) mass is 420 g/mol. The third kappa shape index (κ3) is 6.47. The van der Waals surface area contributed by atoms with Gasteiger partial charge in [0.15, 0.2) is 6.10 Å². The first kappa shape index (κ1) is 22.7. The summed E-state index contributed by atoms with van der Waals surface area (Å²) in [5.74, 6) is 0.977. The smallest absolute Gasteiger partial charge is 0.261 e. The van der Waals surface area contributed by atoms with Crippen molar-refractivity contribution in [1.29, 1.82) is 0 Å². The minimum atomic E-state index is -3.46. The second kappa shape index (κ2) is 10.3. The zero-order valence-electron chi connectivity index (χ0n) is 17.2. The van der Waals surface area contributed by atoms with Crippen molar-refractivity contribution in [2.45, 2.75) is 31.3 Å². The number of nitrogens with zero attached hydrogens (tertiary/aromatic N) is 1. The maximum Gasteiger partial charge on any atom is 0.261 e. The summed E-state index contributed by atoms with van der Waals surface area (Å²) in [5, 5.41) is 2.79. The highest BCUT2D eigenvalue weighted by atomic mass is 32.2. The van der Waals surface area contributed by atoms with Crippen molar-refractivity contribution < 1.29 is 22.7 Å². The molecule has 0 aliphatic carbocycles. The average molecular weight is 421 g/mol. The molecule has 0 heterocycles. The third-order valence-electron chi connectivity index (χ3n) is 4.23. The van der Waals surface area contributed by atoms with Gasteiger partial charge in [0.05, 0.1) is 11.4 Å². The number of carbonyl (C=O) groups is 1. The van der Waals surface area contributed by atoms with Gasteiger partial charge >= 0.3 is 0 Å². The Balaban J connectivity index is 1.80. The maximum atomic E-state index is 12.3. The van der Waals surface area contributed by atoms with Crippen molar-refractivity contribution in [3.8, 4) is 11.5 Å². The molecule has 1 amide bonds. The first-order valence-electron chi connectivity index (χ1n) is 9.40. The number of amides is 1. The van der Waals surface area contributed by atoms with Gasteiger partial charge in [0.2, 0.25) is 10.0 Å². The summed E-state index contributed by atoms with van der Waals surface area (Å²) in [6, 6.07) is 13.7. The summed E-state index contributed by atoms with van der Waals surface area (Å²) in [4.78, 5) is 12.5. The number of hydrogen-bond donors (Lipinski definition) is 1. The summed E-state index contributed by atoms with van der Waals surface area (Å²) in [6.07, 6.45) is -0.0317. The molecule has 2 aromatic carbocycles. The van der Waals surface area contributed by atoms with E-state index in [4.69, 9.17) is 9.47 Å². The van der Waals surface area contributed by atoms with Crippen LogP contribution in [0, 0.1) is 6.92 Å². The van der Waals surface area contributed by atoms with Crippen LogP contribution in [-0.4, -0.2) is 52.0 Å². The second-order valence-electron chi connectivity index (χ2n) is 6.73. The van der Waals surface area contributed by atoms with E-state index < -0.39 is 16.1 Å². The normalized spacial score (nSPS) is 12.4. The minimum absolute atomic E-state index is 0.196.